The second kappa shape index (κ2) is 7.15. The average Bonchev–Trinajstić information content (AvgIpc) is 2.55. The van der Waals surface area contributed by atoms with E-state index in [1.54, 1.807) is 11.1 Å². The van der Waals surface area contributed by atoms with Crippen molar-refractivity contribution in [1.29, 1.82) is 0 Å². The molecule has 0 amide bonds. The first-order valence-electron chi connectivity index (χ1n) is 8.31. The number of hydrogen-bond donors (Lipinski definition) is 0. The summed E-state index contributed by atoms with van der Waals surface area (Å²) >= 11 is 0. The predicted molar refractivity (Wildman–Crippen MR) is 89.4 cm³/mol. The SMILES string of the molecule is CC1=C[C]2OCCOC2=CC1.Cc1ccc2c(c1)CCCC2. The molecule has 1 fully saturated rings. The molecule has 1 aliphatic heterocycles. The molecule has 3 aliphatic rings. The summed E-state index contributed by atoms with van der Waals surface area (Å²) in [7, 11) is 0. The number of aryl methyl sites for hydroxylation is 3. The molecule has 117 valence electrons. The number of hydrogen-bond acceptors (Lipinski definition) is 2. The molecule has 0 N–H and O–H groups in total. The highest BCUT2D eigenvalue weighted by Gasteiger charge is 2.22. The van der Waals surface area contributed by atoms with Crippen LogP contribution < -0.4 is 0 Å². The molecular formula is C20H25O2. The fourth-order valence-corrected chi connectivity index (χ4v) is 3.12. The van der Waals surface area contributed by atoms with E-state index >= 15 is 0 Å². The van der Waals surface area contributed by atoms with Crippen molar-refractivity contribution in [1.82, 2.24) is 0 Å². The van der Waals surface area contributed by atoms with E-state index in [1.165, 1.54) is 36.8 Å². The average molecular weight is 297 g/mol. The Balaban J connectivity index is 0.000000131. The highest BCUT2D eigenvalue weighted by molar-refractivity contribution is 5.33. The molecule has 1 aromatic rings. The van der Waals surface area contributed by atoms with Crippen molar-refractivity contribution in [2.45, 2.75) is 46.0 Å². The second-order valence-electron chi connectivity index (χ2n) is 6.30. The maximum absolute atomic E-state index is 5.40. The minimum atomic E-state index is 0.677. The number of rotatable bonds is 0. The first kappa shape index (κ1) is 15.4. The monoisotopic (exact) mass is 297 g/mol. The molecule has 1 aromatic carbocycles. The van der Waals surface area contributed by atoms with Gasteiger partial charge in [-0.25, -0.2) is 0 Å². The smallest absolute Gasteiger partial charge is 0.183 e. The van der Waals surface area contributed by atoms with Crippen LogP contribution in [0.5, 0.6) is 0 Å². The lowest BCUT2D eigenvalue weighted by Crippen LogP contribution is -2.20. The molecule has 0 saturated carbocycles. The van der Waals surface area contributed by atoms with E-state index in [0.717, 1.165) is 18.3 Å². The molecule has 2 aliphatic carbocycles. The van der Waals surface area contributed by atoms with Gasteiger partial charge in [-0.05, 0) is 69.2 Å². The van der Waals surface area contributed by atoms with Crippen LogP contribution in [-0.4, -0.2) is 13.2 Å². The molecule has 1 radical (unpaired) electrons. The molecule has 22 heavy (non-hydrogen) atoms. The Morgan fingerprint density at radius 2 is 1.68 bits per heavy atom. The van der Waals surface area contributed by atoms with Crippen molar-refractivity contribution in [2.75, 3.05) is 13.2 Å². The molecule has 1 heterocycles. The molecule has 0 bridgehead atoms. The molecule has 2 nitrogen and oxygen atoms in total. The van der Waals surface area contributed by atoms with Crippen molar-refractivity contribution >= 4 is 0 Å². The zero-order valence-electron chi connectivity index (χ0n) is 13.7. The summed E-state index contributed by atoms with van der Waals surface area (Å²) in [6, 6.07) is 6.86. The molecule has 0 unspecified atom stereocenters. The third-order valence-electron chi connectivity index (χ3n) is 4.33. The minimum Gasteiger partial charge on any atom is -0.492 e. The summed E-state index contributed by atoms with van der Waals surface area (Å²) in [5.74, 6) is 0.918. The quantitative estimate of drug-likeness (QED) is 0.692. The Morgan fingerprint density at radius 1 is 0.909 bits per heavy atom. The standard InChI is InChI=1S/C11H14.C9H11O2/c1-9-6-7-10-4-2-3-5-11(10)8-9;1-7-2-3-8-9(6-7)11-5-4-10-8/h6-8H,2-5H2,1H3;3,6H,2,4-5H2,1H3. The van der Waals surface area contributed by atoms with Gasteiger partial charge in [-0.2, -0.15) is 0 Å². The molecule has 1 saturated heterocycles. The lowest BCUT2D eigenvalue weighted by atomic mass is 9.91. The largest absolute Gasteiger partial charge is 0.492 e. The summed E-state index contributed by atoms with van der Waals surface area (Å²) in [5, 5.41) is 0. The van der Waals surface area contributed by atoms with Crippen LogP contribution in [-0.2, 0) is 22.3 Å². The first-order chi connectivity index (χ1) is 10.7. The Labute approximate surface area is 133 Å². The van der Waals surface area contributed by atoms with Gasteiger partial charge < -0.3 is 9.47 Å². The van der Waals surface area contributed by atoms with Gasteiger partial charge in [0.1, 0.15) is 12.4 Å². The van der Waals surface area contributed by atoms with Gasteiger partial charge in [0.05, 0.1) is 6.61 Å². The summed E-state index contributed by atoms with van der Waals surface area (Å²) in [4.78, 5) is 0. The zero-order valence-corrected chi connectivity index (χ0v) is 13.7. The van der Waals surface area contributed by atoms with Gasteiger partial charge in [-0.1, -0.05) is 29.3 Å². The summed E-state index contributed by atoms with van der Waals surface area (Å²) in [5.41, 5.74) is 5.91. The number of fused-ring (bicyclic) bond motifs is 2. The molecule has 0 aromatic heterocycles. The van der Waals surface area contributed by atoms with E-state index in [9.17, 15) is 0 Å². The summed E-state index contributed by atoms with van der Waals surface area (Å²) < 4.78 is 10.8. The third-order valence-corrected chi connectivity index (χ3v) is 4.33. The maximum atomic E-state index is 5.40. The van der Waals surface area contributed by atoms with Crippen LogP contribution in [0.3, 0.4) is 0 Å². The highest BCUT2D eigenvalue weighted by atomic mass is 16.6. The summed E-state index contributed by atoms with van der Waals surface area (Å²) in [6.07, 6.45) is 11.4. The zero-order chi connectivity index (χ0) is 15.4. The Hall–Kier alpha value is -1.54. The normalized spacial score (nSPS) is 20.5. The molecule has 2 heteroatoms. The maximum Gasteiger partial charge on any atom is 0.183 e. The predicted octanol–water partition coefficient (Wildman–Crippen LogP) is 4.67. The Kier molecular flexibility index (Phi) is 4.99. The van der Waals surface area contributed by atoms with Crippen LogP contribution in [0.1, 0.15) is 42.9 Å². The summed E-state index contributed by atoms with van der Waals surface area (Å²) in [6.45, 7) is 5.63. The number of benzene rings is 1. The van der Waals surface area contributed by atoms with E-state index in [1.807, 2.05) is 0 Å². The van der Waals surface area contributed by atoms with Crippen molar-refractivity contribution in [3.8, 4) is 0 Å². The van der Waals surface area contributed by atoms with Crippen molar-refractivity contribution < 1.29 is 9.47 Å². The van der Waals surface area contributed by atoms with Crippen LogP contribution in [0.15, 0.2) is 41.7 Å². The highest BCUT2D eigenvalue weighted by Crippen LogP contribution is 2.29. The van der Waals surface area contributed by atoms with Crippen LogP contribution in [0.4, 0.5) is 0 Å². The van der Waals surface area contributed by atoms with E-state index in [2.05, 4.69) is 44.2 Å². The van der Waals surface area contributed by atoms with Crippen LogP contribution in [0.25, 0.3) is 0 Å². The van der Waals surface area contributed by atoms with E-state index < -0.39 is 0 Å². The lowest BCUT2D eigenvalue weighted by Gasteiger charge is -2.26. The van der Waals surface area contributed by atoms with Crippen LogP contribution in [0.2, 0.25) is 0 Å². The lowest BCUT2D eigenvalue weighted by molar-refractivity contribution is 0.0285. The first-order valence-corrected chi connectivity index (χ1v) is 8.31. The molecule has 0 atom stereocenters. The van der Waals surface area contributed by atoms with Gasteiger partial charge in [0.25, 0.3) is 0 Å². The fraction of sp³-hybridized carbons (Fsp3) is 0.450. The van der Waals surface area contributed by atoms with E-state index in [4.69, 9.17) is 9.47 Å². The van der Waals surface area contributed by atoms with Crippen molar-refractivity contribution in [3.63, 3.8) is 0 Å². The topological polar surface area (TPSA) is 18.5 Å². The fourth-order valence-electron chi connectivity index (χ4n) is 3.12. The molecule has 0 spiro atoms. The van der Waals surface area contributed by atoms with Gasteiger partial charge in [0.15, 0.2) is 6.10 Å². The van der Waals surface area contributed by atoms with Crippen LogP contribution >= 0.6 is 0 Å². The third kappa shape index (κ3) is 3.80. The van der Waals surface area contributed by atoms with E-state index in [-0.39, 0.29) is 0 Å². The Morgan fingerprint density at radius 3 is 2.55 bits per heavy atom. The van der Waals surface area contributed by atoms with Gasteiger partial charge in [-0.3, -0.25) is 0 Å². The Bertz CT molecular complexity index is 583. The van der Waals surface area contributed by atoms with Gasteiger partial charge >= 0.3 is 0 Å². The van der Waals surface area contributed by atoms with Crippen molar-refractivity contribution in [2.24, 2.45) is 0 Å². The minimum absolute atomic E-state index is 0.677. The van der Waals surface area contributed by atoms with Gasteiger partial charge in [-0.15, -0.1) is 0 Å². The number of allylic oxidation sites excluding steroid dienone is 2. The van der Waals surface area contributed by atoms with E-state index in [0.29, 0.717) is 13.2 Å². The van der Waals surface area contributed by atoms with Gasteiger partial charge in [0, 0.05) is 0 Å². The molecule has 4 rings (SSSR count). The van der Waals surface area contributed by atoms with Crippen molar-refractivity contribution in [3.05, 3.63) is 64.5 Å². The van der Waals surface area contributed by atoms with Crippen LogP contribution in [0, 0.1) is 13.0 Å². The van der Waals surface area contributed by atoms with Gasteiger partial charge in [0.2, 0.25) is 0 Å². The number of ether oxygens (including phenoxy) is 2. The second-order valence-corrected chi connectivity index (χ2v) is 6.30. The molecular weight excluding hydrogens is 272 g/mol.